The van der Waals surface area contributed by atoms with Crippen molar-refractivity contribution in [3.05, 3.63) is 84.2 Å². The fourth-order valence-electron chi connectivity index (χ4n) is 4.59. The van der Waals surface area contributed by atoms with E-state index in [4.69, 9.17) is 15.4 Å². The molecular weight excluding hydrogens is 450 g/mol. The molecule has 0 amide bonds. The van der Waals surface area contributed by atoms with Crippen molar-refractivity contribution in [2.75, 3.05) is 31.1 Å². The molecule has 3 aromatic heterocycles. The molecule has 0 spiro atoms. The molecular formula is C27H31N9. The number of hydrogen-bond acceptors (Lipinski definition) is 5. The van der Waals surface area contributed by atoms with Crippen LogP contribution in [0, 0.1) is 5.41 Å². The van der Waals surface area contributed by atoms with E-state index >= 15 is 0 Å². The molecule has 9 heteroatoms. The summed E-state index contributed by atoms with van der Waals surface area (Å²) >= 11 is 0. The van der Waals surface area contributed by atoms with Crippen molar-refractivity contribution >= 4 is 18.1 Å². The second-order valence-corrected chi connectivity index (χ2v) is 9.52. The Bertz CT molecular complexity index is 1340. The smallest absolute Gasteiger partial charge is 0.225 e. The summed E-state index contributed by atoms with van der Waals surface area (Å²) in [5, 5.41) is 11.8. The van der Waals surface area contributed by atoms with Crippen molar-refractivity contribution in [2.45, 2.75) is 19.3 Å². The van der Waals surface area contributed by atoms with Crippen molar-refractivity contribution in [2.24, 2.45) is 12.0 Å². The first-order valence-corrected chi connectivity index (χ1v) is 12.1. The van der Waals surface area contributed by atoms with Crippen LogP contribution in [-0.4, -0.2) is 68.0 Å². The molecule has 0 atom stereocenters. The van der Waals surface area contributed by atoms with Crippen LogP contribution in [0.25, 0.3) is 11.1 Å². The SMILES string of the molecule is Cn1cc(-c2c[nH]c(C(=NC=N)N3CCN(c4ncc(C(C)(C)c5ccccc5)cn4)CC3)c2)cn1. The predicted molar refractivity (Wildman–Crippen MR) is 143 cm³/mol. The lowest BCUT2D eigenvalue weighted by Crippen LogP contribution is -2.49. The van der Waals surface area contributed by atoms with E-state index in [0.29, 0.717) is 0 Å². The highest BCUT2D eigenvalue weighted by Crippen LogP contribution is 2.31. The van der Waals surface area contributed by atoms with Gasteiger partial charge in [0.25, 0.3) is 0 Å². The van der Waals surface area contributed by atoms with Gasteiger partial charge in [-0.25, -0.2) is 15.0 Å². The quantitative estimate of drug-likeness (QED) is 0.323. The molecule has 1 aliphatic rings. The molecule has 0 aliphatic carbocycles. The number of nitrogens with one attached hydrogen (secondary N) is 2. The third kappa shape index (κ3) is 4.64. The lowest BCUT2D eigenvalue weighted by Gasteiger charge is -2.36. The Labute approximate surface area is 211 Å². The Kier molecular flexibility index (Phi) is 6.37. The van der Waals surface area contributed by atoms with E-state index in [-0.39, 0.29) is 5.41 Å². The normalized spacial score (nSPS) is 14.8. The summed E-state index contributed by atoms with van der Waals surface area (Å²) in [6, 6.07) is 12.5. The molecule has 4 heterocycles. The lowest BCUT2D eigenvalue weighted by atomic mass is 9.79. The van der Waals surface area contributed by atoms with E-state index in [9.17, 15) is 0 Å². The molecule has 0 radical (unpaired) electrons. The molecule has 1 fully saturated rings. The van der Waals surface area contributed by atoms with Gasteiger partial charge in [-0.05, 0) is 17.2 Å². The molecule has 1 aromatic carbocycles. The van der Waals surface area contributed by atoms with Gasteiger partial charge in [0.05, 0.1) is 11.9 Å². The molecule has 0 bridgehead atoms. The van der Waals surface area contributed by atoms with Crippen molar-refractivity contribution in [1.29, 1.82) is 5.41 Å². The zero-order chi connectivity index (χ0) is 25.1. The zero-order valence-electron chi connectivity index (χ0n) is 20.9. The molecule has 9 nitrogen and oxygen atoms in total. The van der Waals surface area contributed by atoms with Gasteiger partial charge in [-0.3, -0.25) is 10.1 Å². The Morgan fingerprint density at radius 2 is 1.72 bits per heavy atom. The van der Waals surface area contributed by atoms with Crippen LogP contribution in [0.1, 0.15) is 30.7 Å². The lowest BCUT2D eigenvalue weighted by molar-refractivity contribution is 0.383. The summed E-state index contributed by atoms with van der Waals surface area (Å²) in [7, 11) is 1.90. The summed E-state index contributed by atoms with van der Waals surface area (Å²) < 4.78 is 1.78. The average Bonchev–Trinajstić information content (AvgIpc) is 3.57. The fourth-order valence-corrected chi connectivity index (χ4v) is 4.59. The second kappa shape index (κ2) is 9.77. The van der Waals surface area contributed by atoms with Crippen LogP contribution in [0.2, 0.25) is 0 Å². The first-order chi connectivity index (χ1) is 17.5. The summed E-state index contributed by atoms with van der Waals surface area (Å²) in [4.78, 5) is 21.5. The number of amidine groups is 1. The van der Waals surface area contributed by atoms with Gasteiger partial charge in [0.2, 0.25) is 5.95 Å². The summed E-state index contributed by atoms with van der Waals surface area (Å²) in [6.45, 7) is 7.46. The van der Waals surface area contributed by atoms with Crippen LogP contribution in [0.3, 0.4) is 0 Å². The van der Waals surface area contributed by atoms with Gasteiger partial charge in [-0.15, -0.1) is 0 Å². The first kappa shape index (κ1) is 23.5. The highest BCUT2D eigenvalue weighted by molar-refractivity contribution is 6.01. The molecule has 2 N–H and O–H groups in total. The fraction of sp³-hybridized carbons (Fsp3) is 0.296. The van der Waals surface area contributed by atoms with Crippen LogP contribution in [0.5, 0.6) is 0 Å². The van der Waals surface area contributed by atoms with Gasteiger partial charge in [0.15, 0.2) is 5.84 Å². The molecule has 0 unspecified atom stereocenters. The highest BCUT2D eigenvalue weighted by atomic mass is 15.3. The Morgan fingerprint density at radius 1 is 1.00 bits per heavy atom. The number of H-pyrrole nitrogens is 1. The van der Waals surface area contributed by atoms with Crippen LogP contribution < -0.4 is 4.90 Å². The third-order valence-corrected chi connectivity index (χ3v) is 6.87. The number of aromatic nitrogens is 5. The molecule has 5 rings (SSSR count). The van der Waals surface area contributed by atoms with Crippen molar-refractivity contribution in [1.82, 2.24) is 29.6 Å². The number of aliphatic imine (C=N–C) groups is 1. The largest absolute Gasteiger partial charge is 0.358 e. The van der Waals surface area contributed by atoms with Crippen LogP contribution in [0.15, 0.2) is 72.4 Å². The summed E-state index contributed by atoms with van der Waals surface area (Å²) in [5.74, 6) is 1.51. The molecule has 184 valence electrons. The van der Waals surface area contributed by atoms with Crippen molar-refractivity contribution < 1.29 is 0 Å². The number of anilines is 1. The number of piperazine rings is 1. The van der Waals surface area contributed by atoms with Crippen LogP contribution in [-0.2, 0) is 12.5 Å². The van der Waals surface area contributed by atoms with Gasteiger partial charge in [0.1, 0.15) is 6.34 Å². The van der Waals surface area contributed by atoms with E-state index < -0.39 is 0 Å². The number of aromatic amines is 1. The number of aryl methyl sites for hydroxylation is 1. The third-order valence-electron chi connectivity index (χ3n) is 6.87. The first-order valence-electron chi connectivity index (χ1n) is 12.1. The minimum absolute atomic E-state index is 0.165. The molecule has 36 heavy (non-hydrogen) atoms. The Balaban J connectivity index is 1.26. The maximum absolute atomic E-state index is 7.59. The number of hydrogen-bond donors (Lipinski definition) is 2. The minimum Gasteiger partial charge on any atom is -0.358 e. The Morgan fingerprint density at radius 3 is 2.36 bits per heavy atom. The maximum atomic E-state index is 7.59. The zero-order valence-corrected chi connectivity index (χ0v) is 20.9. The van der Waals surface area contributed by atoms with E-state index in [0.717, 1.165) is 66.7 Å². The highest BCUT2D eigenvalue weighted by Gasteiger charge is 2.26. The van der Waals surface area contributed by atoms with Crippen LogP contribution in [0.4, 0.5) is 5.95 Å². The van der Waals surface area contributed by atoms with Crippen molar-refractivity contribution in [3.63, 3.8) is 0 Å². The summed E-state index contributed by atoms with van der Waals surface area (Å²) in [5.41, 5.74) is 5.13. The standard InChI is InChI=1S/C27H31N9/c1-27(2,22-7-5-4-6-8-22)23-16-30-26(31-17-23)36-11-9-35(10-12-36)25(32-19-28)24-13-20(14-29-24)21-15-33-34(3)18-21/h4-8,13-19,28-29H,9-12H2,1-3H3. The van der Waals surface area contributed by atoms with E-state index in [2.05, 4.69) is 69.1 Å². The molecule has 1 saturated heterocycles. The number of nitrogens with zero attached hydrogens (tertiary/aromatic N) is 7. The summed E-state index contributed by atoms with van der Waals surface area (Å²) in [6.07, 6.45) is 10.8. The number of rotatable bonds is 6. The van der Waals surface area contributed by atoms with Gasteiger partial charge < -0.3 is 14.8 Å². The van der Waals surface area contributed by atoms with Crippen molar-refractivity contribution in [3.8, 4) is 11.1 Å². The van der Waals surface area contributed by atoms with Gasteiger partial charge in [0, 0.05) is 74.6 Å². The van der Waals surface area contributed by atoms with E-state index in [1.807, 2.05) is 44.1 Å². The monoisotopic (exact) mass is 481 g/mol. The second-order valence-electron chi connectivity index (χ2n) is 9.52. The van der Waals surface area contributed by atoms with E-state index in [1.165, 1.54) is 5.56 Å². The topological polar surface area (TPSA) is 102 Å². The van der Waals surface area contributed by atoms with Crippen LogP contribution >= 0.6 is 0 Å². The van der Waals surface area contributed by atoms with Gasteiger partial charge in [-0.1, -0.05) is 44.2 Å². The average molecular weight is 482 g/mol. The molecule has 1 aliphatic heterocycles. The van der Waals surface area contributed by atoms with E-state index in [1.54, 1.807) is 4.68 Å². The predicted octanol–water partition coefficient (Wildman–Crippen LogP) is 3.71. The maximum Gasteiger partial charge on any atom is 0.225 e. The van der Waals surface area contributed by atoms with Gasteiger partial charge >= 0.3 is 0 Å². The molecule has 4 aromatic rings. The molecule has 0 saturated carbocycles. The Hall–Kier alpha value is -4.27. The minimum atomic E-state index is -0.165. The van der Waals surface area contributed by atoms with Gasteiger partial charge in [-0.2, -0.15) is 5.10 Å². The number of benzene rings is 1.